The molecule has 0 radical (unpaired) electrons. The van der Waals surface area contributed by atoms with Gasteiger partial charge in [0, 0.05) is 38.3 Å². The molecule has 2 aliphatic carbocycles. The molecule has 2 saturated carbocycles. The van der Waals surface area contributed by atoms with Crippen LogP contribution in [0.5, 0.6) is 11.5 Å². The molecule has 1 aromatic rings. The fourth-order valence-electron chi connectivity index (χ4n) is 9.57. The molecule has 0 aromatic heterocycles. The van der Waals surface area contributed by atoms with E-state index < -0.39 is 12.2 Å². The average molecular weight is 765 g/mol. The van der Waals surface area contributed by atoms with Crippen molar-refractivity contribution in [2.24, 2.45) is 34.4 Å². The lowest BCUT2D eigenvalue weighted by Gasteiger charge is -2.32. The number of likely N-dealkylation sites (N-methyl/N-ethyl adjacent to an activating group) is 1. The number of fused-ring (bicyclic) bond motifs is 2. The van der Waals surface area contributed by atoms with Crippen LogP contribution in [0.25, 0.3) is 0 Å². The van der Waals surface area contributed by atoms with Crippen molar-refractivity contribution in [2.45, 2.75) is 141 Å². The standard InChI is InChI=1S/C45H72N4O6/c1-4-5-6-10-31(21-22-46)11-7-8-14-43-34(28-50)24-35(55-43)18-15-32-16-20-41(52)44(23-32)54-29-42(53)39-25-37-38(49-39)19-17-33-12-9-13-36(33)45(37)40(27-47-3)48-26-30(2)51/h16,20,23-25,30-31,33,36,40,42-43,45,47-48,50-53H,4-15,17-19,21-22,26-29,46H2,1-3H3/t30-,31-,33+,36-,40-,42-,43?,45-/m0/s1. The highest BCUT2D eigenvalue weighted by molar-refractivity contribution is 6.04. The van der Waals surface area contributed by atoms with Crippen LogP contribution < -0.4 is 21.1 Å². The molecule has 1 aromatic carbocycles. The van der Waals surface area contributed by atoms with Gasteiger partial charge in [-0.3, -0.25) is 0 Å². The van der Waals surface area contributed by atoms with Crippen molar-refractivity contribution < 1.29 is 29.9 Å². The molecule has 308 valence electrons. The zero-order valence-corrected chi connectivity index (χ0v) is 34.0. The van der Waals surface area contributed by atoms with Crippen molar-refractivity contribution in [3.8, 4) is 11.5 Å². The van der Waals surface area contributed by atoms with Gasteiger partial charge in [-0.2, -0.15) is 11.6 Å². The molecule has 55 heavy (non-hydrogen) atoms. The maximum Gasteiger partial charge on any atom is 0.189 e. The molecule has 8 N–H and O–H groups in total. The van der Waals surface area contributed by atoms with Gasteiger partial charge in [0.15, 0.2) is 29.4 Å². The minimum atomic E-state index is -0.947. The van der Waals surface area contributed by atoms with Crippen molar-refractivity contribution in [2.75, 3.05) is 39.9 Å². The summed E-state index contributed by atoms with van der Waals surface area (Å²) < 4.78 is 12.4. The Morgan fingerprint density at radius 3 is 2.65 bits per heavy atom. The van der Waals surface area contributed by atoms with Gasteiger partial charge in [0.25, 0.3) is 0 Å². The van der Waals surface area contributed by atoms with Gasteiger partial charge in [-0.1, -0.05) is 83.3 Å². The summed E-state index contributed by atoms with van der Waals surface area (Å²) in [7, 11) is 1.97. The quantitative estimate of drug-likeness (QED) is 0.0447. The van der Waals surface area contributed by atoms with Crippen LogP contribution in [0.3, 0.4) is 0 Å². The number of nitrogens with two attached hydrogens (primary N) is 1. The number of aromatic hydroxyl groups is 1. The van der Waals surface area contributed by atoms with E-state index in [9.17, 15) is 20.4 Å². The Kier molecular flexibility index (Phi) is 17.7. The summed E-state index contributed by atoms with van der Waals surface area (Å²) in [5, 5.41) is 49.2. The molecule has 0 saturated heterocycles. The highest BCUT2D eigenvalue weighted by atomic mass is 16.5. The number of nitrogens with one attached hydrogen (secondary N) is 2. The van der Waals surface area contributed by atoms with Gasteiger partial charge in [0.05, 0.1) is 18.1 Å². The van der Waals surface area contributed by atoms with Gasteiger partial charge in [-0.05, 0) is 88.1 Å². The number of aliphatic imine (C=N–C) groups is 1. The van der Waals surface area contributed by atoms with E-state index in [0.717, 1.165) is 74.6 Å². The number of aryl methyl sites for hydroxylation is 1. The molecule has 0 spiro atoms. The first-order chi connectivity index (χ1) is 26.7. The normalized spacial score (nSPS) is 24.5. The number of unbranched alkanes of at least 4 members (excludes halogenated alkanes) is 3. The second-order valence-corrected chi connectivity index (χ2v) is 16.7. The Bertz CT molecular complexity index is 1400. The minimum Gasteiger partial charge on any atom is -0.504 e. The van der Waals surface area contributed by atoms with E-state index in [1.54, 1.807) is 6.07 Å². The second kappa shape index (κ2) is 22.4. The third kappa shape index (κ3) is 12.5. The lowest BCUT2D eigenvalue weighted by atomic mass is 9.75. The number of phenolic OH excluding ortho intramolecular Hbond substituents is 1. The number of benzene rings is 1. The maximum atomic E-state index is 11.4. The predicted molar refractivity (Wildman–Crippen MR) is 221 cm³/mol. The third-order valence-corrected chi connectivity index (χ3v) is 12.5. The van der Waals surface area contributed by atoms with E-state index in [4.69, 9.17) is 20.2 Å². The Labute approximate surface area is 331 Å². The van der Waals surface area contributed by atoms with Crippen molar-refractivity contribution in [3.05, 3.63) is 59.2 Å². The molecule has 10 heteroatoms. The third-order valence-electron chi connectivity index (χ3n) is 12.5. The monoisotopic (exact) mass is 765 g/mol. The van der Waals surface area contributed by atoms with Crippen molar-refractivity contribution >= 4 is 5.71 Å². The summed E-state index contributed by atoms with van der Waals surface area (Å²) in [6, 6.07) is 6.12. The molecule has 2 aliphatic heterocycles. The summed E-state index contributed by atoms with van der Waals surface area (Å²) in [5.41, 5.74) is 10.1. The van der Waals surface area contributed by atoms with Crippen molar-refractivity contribution in [1.82, 2.24) is 10.6 Å². The van der Waals surface area contributed by atoms with Gasteiger partial charge < -0.3 is 46.3 Å². The van der Waals surface area contributed by atoms with Crippen molar-refractivity contribution in [1.29, 1.82) is 0 Å². The molecule has 0 amide bonds. The Hall–Kier alpha value is -2.57. The van der Waals surface area contributed by atoms with Crippen LogP contribution in [0, 0.1) is 35.8 Å². The number of hydrogen-bond donors (Lipinski definition) is 7. The van der Waals surface area contributed by atoms with E-state index in [-0.39, 0.29) is 37.0 Å². The summed E-state index contributed by atoms with van der Waals surface area (Å²) >= 11 is 0. The van der Waals surface area contributed by atoms with Crippen LogP contribution in [-0.4, -0.2) is 90.4 Å². The van der Waals surface area contributed by atoms with Gasteiger partial charge in [0.2, 0.25) is 0 Å². The number of aliphatic hydroxyl groups is 3. The number of phenols is 1. The van der Waals surface area contributed by atoms with Crippen LogP contribution in [0.15, 0.2) is 46.5 Å². The Morgan fingerprint density at radius 2 is 1.91 bits per heavy atom. The van der Waals surface area contributed by atoms with Crippen LogP contribution >= 0.6 is 0 Å². The van der Waals surface area contributed by atoms with Gasteiger partial charge >= 0.3 is 0 Å². The molecule has 5 rings (SSSR count). The predicted octanol–water partition coefficient (Wildman–Crippen LogP) is 6.32. The van der Waals surface area contributed by atoms with E-state index in [1.807, 2.05) is 32.2 Å². The number of ether oxygens (including phenoxy) is 2. The smallest absolute Gasteiger partial charge is 0.189 e. The maximum absolute atomic E-state index is 11.4. The molecule has 2 fully saturated rings. The lowest BCUT2D eigenvalue weighted by molar-refractivity contribution is 0.102. The average Bonchev–Trinajstić information content (AvgIpc) is 3.91. The molecule has 2 heterocycles. The first kappa shape index (κ1) is 43.6. The van der Waals surface area contributed by atoms with Gasteiger partial charge in [0.1, 0.15) is 12.2 Å². The summed E-state index contributed by atoms with van der Waals surface area (Å²) in [6.07, 6.45) is 21.1. The van der Waals surface area contributed by atoms with Crippen LogP contribution in [0.2, 0.25) is 0 Å². The molecule has 0 bridgehead atoms. The lowest BCUT2D eigenvalue weighted by Crippen LogP contribution is -2.49. The summed E-state index contributed by atoms with van der Waals surface area (Å²) in [6.45, 7) is 6.10. The molecular formula is C45H72N4O6. The van der Waals surface area contributed by atoms with E-state index in [0.29, 0.717) is 48.9 Å². The number of nitrogens with zero attached hydrogens (tertiary/aromatic N) is 1. The molecule has 8 atom stereocenters. The van der Waals surface area contributed by atoms with E-state index in [1.165, 1.54) is 56.9 Å². The first-order valence-corrected chi connectivity index (χ1v) is 21.6. The van der Waals surface area contributed by atoms with Crippen LogP contribution in [-0.2, 0) is 11.2 Å². The second-order valence-electron chi connectivity index (χ2n) is 16.7. The zero-order valence-electron chi connectivity index (χ0n) is 34.0. The van der Waals surface area contributed by atoms with Gasteiger partial charge in [-0.25, -0.2) is 0 Å². The SMILES string of the molecule is CCCCC[C@H](CCN)CCCCC1O[C-](CCc2ccc(O)c(OC[C@H](O)[C+]3C=C4C(=N3)CC[C@H]3CCC[C@@H]3[C@@H]4[C@H](CNC)NC[C@H](C)O)c2)C=C1CO. The highest BCUT2D eigenvalue weighted by Gasteiger charge is 2.50. The number of hydrogen-bond acceptors (Lipinski definition) is 10. The molecule has 4 aliphatic rings. The minimum absolute atomic E-state index is 0.0000999. The molecule has 1 unspecified atom stereocenters. The largest absolute Gasteiger partial charge is 0.504 e. The number of aliphatic hydroxyl groups excluding tert-OH is 3. The van der Waals surface area contributed by atoms with Crippen LogP contribution in [0.4, 0.5) is 0 Å². The van der Waals surface area contributed by atoms with Crippen LogP contribution in [0.1, 0.15) is 116 Å². The van der Waals surface area contributed by atoms with Gasteiger partial charge in [-0.15, -0.1) is 4.99 Å². The Balaban J connectivity index is 1.13. The topological polar surface area (TPSA) is 162 Å². The summed E-state index contributed by atoms with van der Waals surface area (Å²) in [4.78, 5) is 4.99. The fraction of sp³-hybridized carbons (Fsp3) is 0.711. The number of rotatable bonds is 25. The zero-order chi connectivity index (χ0) is 39.2. The summed E-state index contributed by atoms with van der Waals surface area (Å²) in [5.74, 6) is 2.52. The highest BCUT2D eigenvalue weighted by Crippen LogP contribution is 2.49. The Morgan fingerprint density at radius 1 is 1.09 bits per heavy atom. The van der Waals surface area contributed by atoms with E-state index in [2.05, 4.69) is 23.6 Å². The fourth-order valence-corrected chi connectivity index (χ4v) is 9.57. The molecular weight excluding hydrogens is 693 g/mol. The van der Waals surface area contributed by atoms with E-state index >= 15 is 0 Å². The van der Waals surface area contributed by atoms with Crippen molar-refractivity contribution in [3.63, 3.8) is 0 Å². The molecule has 10 nitrogen and oxygen atoms in total. The first-order valence-electron chi connectivity index (χ1n) is 21.6.